The maximum absolute atomic E-state index is 10.9. The Balaban J connectivity index is 2.37. The molecule has 1 aromatic carbocycles. The summed E-state index contributed by atoms with van der Waals surface area (Å²) in [4.78, 5) is 15.1. The first kappa shape index (κ1) is 13.2. The molecule has 0 aliphatic carbocycles. The minimum absolute atomic E-state index is 0.0722. The highest BCUT2D eigenvalue weighted by atomic mass is 79.9. The van der Waals surface area contributed by atoms with Crippen LogP contribution in [0.4, 0.5) is 0 Å². The molecule has 1 heterocycles. The molecular formula is C13H12BrNO2S. The standard InChI is InChI=1S/C13H12BrNO2S/c1-7(2)8-3-5-9(6-4-8)12-15-10(13(16)17)11(14)18-12/h3-7H,1-2H3,(H,16,17). The van der Waals surface area contributed by atoms with Crippen LogP contribution in [-0.4, -0.2) is 16.1 Å². The minimum atomic E-state index is -1.01. The number of aromatic carboxylic acids is 1. The zero-order chi connectivity index (χ0) is 13.3. The molecule has 5 heteroatoms. The second-order valence-electron chi connectivity index (χ2n) is 4.22. The smallest absolute Gasteiger partial charge is 0.356 e. The largest absolute Gasteiger partial charge is 0.476 e. The number of hydrogen-bond donors (Lipinski definition) is 1. The molecule has 0 bridgehead atoms. The van der Waals surface area contributed by atoms with Gasteiger partial charge in [0.1, 0.15) is 8.79 Å². The molecule has 3 nitrogen and oxygen atoms in total. The third-order valence-electron chi connectivity index (χ3n) is 2.61. The molecule has 2 rings (SSSR count). The van der Waals surface area contributed by atoms with Crippen molar-refractivity contribution in [3.8, 4) is 10.6 Å². The van der Waals surface area contributed by atoms with E-state index in [0.717, 1.165) is 10.6 Å². The number of carboxylic acid groups (broad SMARTS) is 1. The highest BCUT2D eigenvalue weighted by Gasteiger charge is 2.16. The summed E-state index contributed by atoms with van der Waals surface area (Å²) in [6.07, 6.45) is 0. The number of benzene rings is 1. The van der Waals surface area contributed by atoms with Gasteiger partial charge in [-0.3, -0.25) is 0 Å². The number of carbonyl (C=O) groups is 1. The Hall–Kier alpha value is -1.20. The Kier molecular flexibility index (Phi) is 3.82. The summed E-state index contributed by atoms with van der Waals surface area (Å²) in [5, 5.41) is 9.67. The maximum atomic E-state index is 10.9. The van der Waals surface area contributed by atoms with Gasteiger partial charge in [0.2, 0.25) is 0 Å². The lowest BCUT2D eigenvalue weighted by Crippen LogP contribution is -1.97. The van der Waals surface area contributed by atoms with Crippen molar-refractivity contribution < 1.29 is 9.90 Å². The number of carboxylic acids is 1. The zero-order valence-electron chi connectivity index (χ0n) is 9.98. The molecule has 0 radical (unpaired) electrons. The van der Waals surface area contributed by atoms with Crippen molar-refractivity contribution in [3.63, 3.8) is 0 Å². The van der Waals surface area contributed by atoms with Gasteiger partial charge in [0, 0.05) is 5.56 Å². The van der Waals surface area contributed by atoms with Gasteiger partial charge in [0.05, 0.1) is 0 Å². The minimum Gasteiger partial charge on any atom is -0.476 e. The van der Waals surface area contributed by atoms with Crippen LogP contribution in [0.3, 0.4) is 0 Å². The predicted octanol–water partition coefficient (Wildman–Crippen LogP) is 4.39. The molecule has 0 atom stereocenters. The van der Waals surface area contributed by atoms with E-state index in [4.69, 9.17) is 5.11 Å². The van der Waals surface area contributed by atoms with Crippen molar-refractivity contribution in [3.05, 3.63) is 39.3 Å². The van der Waals surface area contributed by atoms with Crippen LogP contribution in [0.15, 0.2) is 28.1 Å². The van der Waals surface area contributed by atoms with E-state index in [1.54, 1.807) is 0 Å². The van der Waals surface area contributed by atoms with Crippen molar-refractivity contribution in [2.75, 3.05) is 0 Å². The number of nitrogens with zero attached hydrogens (tertiary/aromatic N) is 1. The van der Waals surface area contributed by atoms with Crippen LogP contribution in [0.1, 0.15) is 35.8 Å². The van der Waals surface area contributed by atoms with Gasteiger partial charge < -0.3 is 5.11 Å². The fourth-order valence-electron chi connectivity index (χ4n) is 1.57. The van der Waals surface area contributed by atoms with Crippen LogP contribution < -0.4 is 0 Å². The van der Waals surface area contributed by atoms with E-state index in [2.05, 4.69) is 46.9 Å². The van der Waals surface area contributed by atoms with Crippen LogP contribution in [0.5, 0.6) is 0 Å². The van der Waals surface area contributed by atoms with Gasteiger partial charge in [-0.15, -0.1) is 11.3 Å². The molecule has 0 aliphatic rings. The third kappa shape index (κ3) is 2.62. The second kappa shape index (κ2) is 5.20. The van der Waals surface area contributed by atoms with Crippen molar-refractivity contribution in [1.82, 2.24) is 4.98 Å². The lowest BCUT2D eigenvalue weighted by atomic mass is 10.0. The number of halogens is 1. The molecule has 0 amide bonds. The summed E-state index contributed by atoms with van der Waals surface area (Å²) in [7, 11) is 0. The van der Waals surface area contributed by atoms with Gasteiger partial charge >= 0.3 is 5.97 Å². The van der Waals surface area contributed by atoms with E-state index >= 15 is 0 Å². The molecule has 0 fully saturated rings. The Morgan fingerprint density at radius 2 is 1.94 bits per heavy atom. The average molecular weight is 326 g/mol. The van der Waals surface area contributed by atoms with E-state index < -0.39 is 5.97 Å². The van der Waals surface area contributed by atoms with Crippen LogP contribution in [0.2, 0.25) is 0 Å². The number of thiazole rings is 1. The normalized spacial score (nSPS) is 10.9. The molecular weight excluding hydrogens is 314 g/mol. The monoisotopic (exact) mass is 325 g/mol. The predicted molar refractivity (Wildman–Crippen MR) is 76.3 cm³/mol. The highest BCUT2D eigenvalue weighted by molar-refractivity contribution is 9.11. The van der Waals surface area contributed by atoms with E-state index in [-0.39, 0.29) is 5.69 Å². The SMILES string of the molecule is CC(C)c1ccc(-c2nc(C(=O)O)c(Br)s2)cc1. The number of hydrogen-bond acceptors (Lipinski definition) is 3. The van der Waals surface area contributed by atoms with E-state index in [1.165, 1.54) is 16.9 Å². The summed E-state index contributed by atoms with van der Waals surface area (Å²) in [5.74, 6) is -0.528. The van der Waals surface area contributed by atoms with Crippen molar-refractivity contribution in [2.24, 2.45) is 0 Å². The fourth-order valence-corrected chi connectivity index (χ4v) is 3.08. The summed E-state index contributed by atoms with van der Waals surface area (Å²) in [5.41, 5.74) is 2.27. The first-order valence-corrected chi connectivity index (χ1v) is 7.10. The van der Waals surface area contributed by atoms with Gasteiger partial charge in [-0.25, -0.2) is 9.78 Å². The molecule has 18 heavy (non-hydrogen) atoms. The molecule has 0 saturated heterocycles. The second-order valence-corrected chi connectivity index (χ2v) is 6.54. The van der Waals surface area contributed by atoms with Crippen LogP contribution in [-0.2, 0) is 0 Å². The van der Waals surface area contributed by atoms with Gasteiger partial charge in [-0.05, 0) is 27.4 Å². The third-order valence-corrected chi connectivity index (χ3v) is 4.37. The Bertz CT molecular complexity index is 575. The summed E-state index contributed by atoms with van der Waals surface area (Å²) < 4.78 is 0.554. The Morgan fingerprint density at radius 1 is 1.33 bits per heavy atom. The molecule has 0 spiro atoms. The molecule has 1 aromatic heterocycles. The molecule has 1 N–H and O–H groups in total. The van der Waals surface area contributed by atoms with E-state index in [0.29, 0.717) is 9.70 Å². The van der Waals surface area contributed by atoms with E-state index in [9.17, 15) is 4.79 Å². The van der Waals surface area contributed by atoms with Gasteiger partial charge in [-0.2, -0.15) is 0 Å². The summed E-state index contributed by atoms with van der Waals surface area (Å²) in [6, 6.07) is 8.06. The zero-order valence-corrected chi connectivity index (χ0v) is 12.4. The fraction of sp³-hybridized carbons (Fsp3) is 0.231. The van der Waals surface area contributed by atoms with Crippen molar-refractivity contribution in [2.45, 2.75) is 19.8 Å². The molecule has 0 saturated carbocycles. The first-order valence-electron chi connectivity index (χ1n) is 5.49. The summed E-state index contributed by atoms with van der Waals surface area (Å²) in [6.45, 7) is 4.27. The summed E-state index contributed by atoms with van der Waals surface area (Å²) >= 11 is 4.56. The van der Waals surface area contributed by atoms with Crippen LogP contribution in [0.25, 0.3) is 10.6 Å². The van der Waals surface area contributed by atoms with Gasteiger partial charge in [0.15, 0.2) is 5.69 Å². The van der Waals surface area contributed by atoms with E-state index in [1.807, 2.05) is 12.1 Å². The molecule has 94 valence electrons. The number of aromatic nitrogens is 1. The quantitative estimate of drug-likeness (QED) is 0.910. The average Bonchev–Trinajstić information content (AvgIpc) is 2.71. The van der Waals surface area contributed by atoms with Crippen LogP contribution in [0, 0.1) is 0 Å². The highest BCUT2D eigenvalue weighted by Crippen LogP contribution is 2.32. The molecule has 0 aliphatic heterocycles. The van der Waals surface area contributed by atoms with Gasteiger partial charge in [0.25, 0.3) is 0 Å². The topological polar surface area (TPSA) is 50.2 Å². The van der Waals surface area contributed by atoms with Gasteiger partial charge in [-0.1, -0.05) is 38.1 Å². The molecule has 0 unspecified atom stereocenters. The lowest BCUT2D eigenvalue weighted by molar-refractivity contribution is 0.0690. The Morgan fingerprint density at radius 3 is 2.39 bits per heavy atom. The number of rotatable bonds is 3. The van der Waals surface area contributed by atoms with Crippen molar-refractivity contribution >= 4 is 33.2 Å². The molecule has 2 aromatic rings. The van der Waals surface area contributed by atoms with Crippen molar-refractivity contribution in [1.29, 1.82) is 0 Å². The van der Waals surface area contributed by atoms with Crippen LogP contribution >= 0.6 is 27.3 Å². The first-order chi connectivity index (χ1) is 8.49. The maximum Gasteiger partial charge on any atom is 0.356 e. The Labute approximate surface area is 118 Å². The lowest BCUT2D eigenvalue weighted by Gasteiger charge is -2.05.